The number of hydrogen-bond acceptors (Lipinski definition) is 4. The number of fused-ring (bicyclic) bond motifs is 1. The lowest BCUT2D eigenvalue weighted by Crippen LogP contribution is -2.08. The summed E-state index contributed by atoms with van der Waals surface area (Å²) in [7, 11) is 0. The van der Waals surface area contributed by atoms with Crippen molar-refractivity contribution < 1.29 is 4.39 Å². The van der Waals surface area contributed by atoms with Crippen LogP contribution in [0, 0.1) is 5.82 Å². The molecular formula is C20H17ClFN5S. The molecule has 0 amide bonds. The van der Waals surface area contributed by atoms with Gasteiger partial charge in [-0.05, 0) is 29.8 Å². The van der Waals surface area contributed by atoms with Crippen LogP contribution in [0.3, 0.4) is 0 Å². The van der Waals surface area contributed by atoms with Crippen molar-refractivity contribution in [1.29, 1.82) is 0 Å². The van der Waals surface area contributed by atoms with E-state index in [1.165, 1.54) is 17.8 Å². The lowest BCUT2D eigenvalue weighted by atomic mass is 10.2. The zero-order chi connectivity index (χ0) is 19.5. The van der Waals surface area contributed by atoms with Crippen LogP contribution in [0.15, 0.2) is 66.6 Å². The van der Waals surface area contributed by atoms with Crippen LogP contribution in [0.1, 0.15) is 11.4 Å². The minimum absolute atomic E-state index is 0.320. The molecule has 0 aliphatic heterocycles. The highest BCUT2D eigenvalue weighted by Gasteiger charge is 2.14. The van der Waals surface area contributed by atoms with Gasteiger partial charge >= 0.3 is 0 Å². The molecule has 28 heavy (non-hydrogen) atoms. The molecule has 8 heteroatoms. The van der Waals surface area contributed by atoms with Crippen LogP contribution in [0.25, 0.3) is 11.0 Å². The number of halogens is 2. The molecule has 4 rings (SSSR count). The van der Waals surface area contributed by atoms with Crippen LogP contribution >= 0.6 is 23.4 Å². The normalized spacial score (nSPS) is 11.2. The van der Waals surface area contributed by atoms with E-state index in [2.05, 4.69) is 21.8 Å². The second-order valence-electron chi connectivity index (χ2n) is 6.18. The molecule has 2 aromatic carbocycles. The fourth-order valence-corrected chi connectivity index (χ4v) is 4.04. The highest BCUT2D eigenvalue weighted by molar-refractivity contribution is 7.98. The Labute approximate surface area is 170 Å². The van der Waals surface area contributed by atoms with E-state index < -0.39 is 0 Å². The van der Waals surface area contributed by atoms with Gasteiger partial charge < -0.3 is 9.13 Å². The maximum atomic E-state index is 14.0. The van der Waals surface area contributed by atoms with Crippen molar-refractivity contribution in [2.75, 3.05) is 0 Å². The van der Waals surface area contributed by atoms with Gasteiger partial charge in [0.2, 0.25) is 0 Å². The van der Waals surface area contributed by atoms with Gasteiger partial charge in [-0.15, -0.1) is 16.8 Å². The quantitative estimate of drug-likeness (QED) is 0.318. The van der Waals surface area contributed by atoms with E-state index in [1.54, 1.807) is 24.5 Å². The van der Waals surface area contributed by atoms with Gasteiger partial charge in [-0.2, -0.15) is 0 Å². The van der Waals surface area contributed by atoms with Crippen LogP contribution in [0.2, 0.25) is 5.02 Å². The average molecular weight is 414 g/mol. The summed E-state index contributed by atoms with van der Waals surface area (Å²) in [4.78, 5) is 4.42. The topological polar surface area (TPSA) is 48.5 Å². The molecular weight excluding hydrogens is 397 g/mol. The predicted molar refractivity (Wildman–Crippen MR) is 110 cm³/mol. The van der Waals surface area contributed by atoms with Crippen LogP contribution in [0.4, 0.5) is 4.39 Å². The highest BCUT2D eigenvalue weighted by atomic mass is 35.5. The summed E-state index contributed by atoms with van der Waals surface area (Å²) in [5.41, 5.74) is 2.54. The number of rotatable bonds is 7. The lowest BCUT2D eigenvalue weighted by Gasteiger charge is -2.09. The molecule has 0 bridgehead atoms. The molecule has 0 saturated heterocycles. The van der Waals surface area contributed by atoms with Gasteiger partial charge in [0.15, 0.2) is 11.0 Å². The van der Waals surface area contributed by atoms with E-state index in [9.17, 15) is 4.39 Å². The number of hydrogen-bond donors (Lipinski definition) is 0. The summed E-state index contributed by atoms with van der Waals surface area (Å²) in [6.45, 7) is 4.94. The molecule has 0 aliphatic carbocycles. The lowest BCUT2D eigenvalue weighted by molar-refractivity contribution is 0.617. The van der Waals surface area contributed by atoms with E-state index in [1.807, 2.05) is 33.4 Å². The Kier molecular flexibility index (Phi) is 5.45. The van der Waals surface area contributed by atoms with Crippen molar-refractivity contribution in [1.82, 2.24) is 24.3 Å². The standard InChI is InChI=1S/C20H17ClFN5S/c1-2-9-27-19(11-26-13-23-17-5-3-4-6-18(17)26)24-25-20(27)28-12-14-7-8-15(21)10-16(14)22/h2-8,10,13H,1,9,11-12H2. The molecule has 0 fully saturated rings. The van der Waals surface area contributed by atoms with Crippen LogP contribution < -0.4 is 0 Å². The van der Waals surface area contributed by atoms with Gasteiger partial charge in [0.1, 0.15) is 5.82 Å². The number of thioether (sulfide) groups is 1. The molecule has 0 atom stereocenters. The summed E-state index contributed by atoms with van der Waals surface area (Å²) in [6, 6.07) is 12.6. The van der Waals surface area contributed by atoms with Gasteiger partial charge in [-0.3, -0.25) is 0 Å². The Balaban J connectivity index is 1.57. The highest BCUT2D eigenvalue weighted by Crippen LogP contribution is 2.25. The second kappa shape index (κ2) is 8.16. The summed E-state index contributed by atoms with van der Waals surface area (Å²) >= 11 is 7.25. The number of imidazole rings is 1. The third kappa shape index (κ3) is 3.81. The zero-order valence-corrected chi connectivity index (χ0v) is 16.5. The van der Waals surface area contributed by atoms with Gasteiger partial charge in [-0.1, -0.05) is 47.6 Å². The second-order valence-corrected chi connectivity index (χ2v) is 7.56. The Morgan fingerprint density at radius 3 is 2.86 bits per heavy atom. The van der Waals surface area contributed by atoms with Crippen LogP contribution in [0.5, 0.6) is 0 Å². The van der Waals surface area contributed by atoms with E-state index in [4.69, 9.17) is 11.6 Å². The fraction of sp³-hybridized carbons (Fsp3) is 0.150. The number of benzene rings is 2. The van der Waals surface area contributed by atoms with Crippen molar-refractivity contribution in [3.8, 4) is 0 Å². The van der Waals surface area contributed by atoms with Crippen molar-refractivity contribution in [2.45, 2.75) is 24.0 Å². The van der Waals surface area contributed by atoms with Crippen LogP contribution in [-0.4, -0.2) is 24.3 Å². The molecule has 0 aliphatic rings. The molecule has 0 spiro atoms. The Hall–Kier alpha value is -2.64. The first-order chi connectivity index (χ1) is 13.7. The SMILES string of the molecule is C=CCn1c(Cn2cnc3ccccc32)nnc1SCc1ccc(Cl)cc1F. The molecule has 142 valence electrons. The van der Waals surface area contributed by atoms with Crippen molar-refractivity contribution >= 4 is 34.4 Å². The molecule has 0 radical (unpaired) electrons. The average Bonchev–Trinajstić information content (AvgIpc) is 3.27. The molecule has 0 saturated carbocycles. The third-order valence-electron chi connectivity index (χ3n) is 4.32. The molecule has 2 heterocycles. The first-order valence-corrected chi connectivity index (χ1v) is 10.0. The molecule has 4 aromatic rings. The van der Waals surface area contributed by atoms with Crippen molar-refractivity contribution in [3.05, 3.63) is 83.7 Å². The first kappa shape index (κ1) is 18.7. The van der Waals surface area contributed by atoms with E-state index in [0.29, 0.717) is 34.6 Å². The number of aromatic nitrogens is 5. The molecule has 2 aromatic heterocycles. The van der Waals surface area contributed by atoms with Gasteiger partial charge in [0.25, 0.3) is 0 Å². The van der Waals surface area contributed by atoms with Crippen molar-refractivity contribution in [3.63, 3.8) is 0 Å². The Morgan fingerprint density at radius 2 is 2.04 bits per heavy atom. The monoisotopic (exact) mass is 413 g/mol. The van der Waals surface area contributed by atoms with Crippen LogP contribution in [-0.2, 0) is 18.8 Å². The minimum atomic E-state index is -0.320. The number of nitrogens with zero attached hydrogens (tertiary/aromatic N) is 5. The first-order valence-electron chi connectivity index (χ1n) is 8.65. The fourth-order valence-electron chi connectivity index (χ4n) is 2.92. The molecule has 0 unspecified atom stereocenters. The number of allylic oxidation sites excluding steroid dienone is 1. The maximum absolute atomic E-state index is 14.0. The van der Waals surface area contributed by atoms with Gasteiger partial charge in [-0.25, -0.2) is 9.37 Å². The third-order valence-corrected chi connectivity index (χ3v) is 5.57. The zero-order valence-electron chi connectivity index (χ0n) is 14.9. The summed E-state index contributed by atoms with van der Waals surface area (Å²) < 4.78 is 18.1. The van der Waals surface area contributed by atoms with Crippen molar-refractivity contribution in [2.24, 2.45) is 0 Å². The van der Waals surface area contributed by atoms with Gasteiger partial charge in [0.05, 0.1) is 23.9 Å². The van der Waals surface area contributed by atoms with E-state index >= 15 is 0 Å². The van der Waals surface area contributed by atoms with Gasteiger partial charge in [0, 0.05) is 17.3 Å². The van der Waals surface area contributed by atoms with E-state index in [-0.39, 0.29) is 5.82 Å². The largest absolute Gasteiger partial charge is 0.323 e. The number of para-hydroxylation sites is 2. The molecule has 5 nitrogen and oxygen atoms in total. The predicted octanol–water partition coefficient (Wildman–Crippen LogP) is 4.95. The smallest absolute Gasteiger partial charge is 0.191 e. The Bertz CT molecular complexity index is 1140. The molecule has 0 N–H and O–H groups in total. The summed E-state index contributed by atoms with van der Waals surface area (Å²) in [5.74, 6) is 0.911. The minimum Gasteiger partial charge on any atom is -0.323 e. The Morgan fingerprint density at radius 1 is 1.18 bits per heavy atom. The maximum Gasteiger partial charge on any atom is 0.191 e. The summed E-state index contributed by atoms with van der Waals surface area (Å²) in [6.07, 6.45) is 3.60. The summed E-state index contributed by atoms with van der Waals surface area (Å²) in [5, 5.41) is 9.75. The van der Waals surface area contributed by atoms with E-state index in [0.717, 1.165) is 16.9 Å².